The Morgan fingerprint density at radius 2 is 2.12 bits per heavy atom. The summed E-state index contributed by atoms with van der Waals surface area (Å²) in [4.78, 5) is 11.8. The molecular weight excluding hydrogens is 224 g/mol. The number of nitrogens with zero attached hydrogens (tertiary/aromatic N) is 3. The minimum atomic E-state index is -0.368. The predicted octanol–water partition coefficient (Wildman–Crippen LogP) is -0.651. The second-order valence-electron chi connectivity index (χ2n) is 3.90. The van der Waals surface area contributed by atoms with Crippen LogP contribution in [0.4, 0.5) is 11.9 Å². The summed E-state index contributed by atoms with van der Waals surface area (Å²) in [6.45, 7) is 0.405. The fourth-order valence-electron chi connectivity index (χ4n) is 1.43. The van der Waals surface area contributed by atoms with Crippen molar-refractivity contribution in [2.45, 2.75) is 18.9 Å². The number of methoxy groups -OCH3 is 1. The number of nitrogens with two attached hydrogens (primary N) is 1. The molecule has 0 spiro atoms. The molecule has 1 aromatic heterocycles. The molecule has 17 heavy (non-hydrogen) atoms. The van der Waals surface area contributed by atoms with E-state index in [1.54, 1.807) is 0 Å². The second kappa shape index (κ2) is 5.11. The van der Waals surface area contributed by atoms with Crippen molar-refractivity contribution < 1.29 is 9.84 Å². The molecule has 8 heteroatoms. The van der Waals surface area contributed by atoms with Gasteiger partial charge in [-0.15, -0.1) is 0 Å². The molecule has 1 heterocycles. The number of aromatic nitrogens is 3. The van der Waals surface area contributed by atoms with Crippen LogP contribution in [0.3, 0.4) is 0 Å². The molecule has 1 atom stereocenters. The van der Waals surface area contributed by atoms with Gasteiger partial charge in [-0.05, 0) is 18.8 Å². The SMILES string of the molecule is COc1nc(NN)nc(NCC(O)C2CC2)n1. The minimum Gasteiger partial charge on any atom is -0.467 e. The molecule has 1 fully saturated rings. The molecule has 0 aliphatic heterocycles. The van der Waals surface area contributed by atoms with Gasteiger partial charge in [0.15, 0.2) is 0 Å². The summed E-state index contributed by atoms with van der Waals surface area (Å²) in [6.07, 6.45) is 1.80. The summed E-state index contributed by atoms with van der Waals surface area (Å²) in [5, 5.41) is 12.6. The lowest BCUT2D eigenvalue weighted by molar-refractivity contribution is 0.164. The van der Waals surface area contributed by atoms with Crippen LogP contribution in [0, 0.1) is 5.92 Å². The number of ether oxygens (including phenoxy) is 1. The normalized spacial score (nSPS) is 16.4. The van der Waals surface area contributed by atoms with Gasteiger partial charge in [-0.1, -0.05) is 0 Å². The smallest absolute Gasteiger partial charge is 0.322 e. The molecule has 1 aliphatic carbocycles. The minimum absolute atomic E-state index is 0.163. The summed E-state index contributed by atoms with van der Waals surface area (Å²) in [6, 6.07) is 0.163. The molecular formula is C9H16N6O2. The van der Waals surface area contributed by atoms with E-state index < -0.39 is 0 Å². The first-order chi connectivity index (χ1) is 8.22. The molecule has 1 aliphatic rings. The van der Waals surface area contributed by atoms with Crippen LogP contribution in [0.1, 0.15) is 12.8 Å². The zero-order valence-electron chi connectivity index (χ0n) is 9.55. The van der Waals surface area contributed by atoms with Gasteiger partial charge in [0.05, 0.1) is 13.2 Å². The highest BCUT2D eigenvalue weighted by molar-refractivity contribution is 5.34. The maximum absolute atomic E-state index is 9.70. The predicted molar refractivity (Wildman–Crippen MR) is 61.4 cm³/mol. The number of hydrogen-bond acceptors (Lipinski definition) is 8. The highest BCUT2D eigenvalue weighted by Gasteiger charge is 2.29. The van der Waals surface area contributed by atoms with Crippen LogP contribution in [0.25, 0.3) is 0 Å². The fraction of sp³-hybridized carbons (Fsp3) is 0.667. The van der Waals surface area contributed by atoms with Crippen molar-refractivity contribution in [1.82, 2.24) is 15.0 Å². The molecule has 0 bridgehead atoms. The number of anilines is 2. The summed E-state index contributed by atoms with van der Waals surface area (Å²) in [5.41, 5.74) is 2.32. The van der Waals surface area contributed by atoms with Gasteiger partial charge in [0.1, 0.15) is 0 Å². The maximum Gasteiger partial charge on any atom is 0.322 e. The molecule has 0 saturated heterocycles. The lowest BCUT2D eigenvalue weighted by atomic mass is 10.2. The van der Waals surface area contributed by atoms with E-state index in [0.717, 1.165) is 12.8 Å². The van der Waals surface area contributed by atoms with E-state index in [2.05, 4.69) is 25.7 Å². The summed E-state index contributed by atoms with van der Waals surface area (Å²) in [5.74, 6) is 6.15. The Kier molecular flexibility index (Phi) is 3.55. The third kappa shape index (κ3) is 3.14. The zero-order chi connectivity index (χ0) is 12.3. The fourth-order valence-corrected chi connectivity index (χ4v) is 1.43. The van der Waals surface area contributed by atoms with E-state index in [1.807, 2.05) is 0 Å². The van der Waals surface area contributed by atoms with Crippen LogP contribution >= 0.6 is 0 Å². The van der Waals surface area contributed by atoms with Gasteiger partial charge < -0.3 is 15.2 Å². The van der Waals surface area contributed by atoms with Crippen LogP contribution in [-0.2, 0) is 0 Å². The number of aliphatic hydroxyl groups is 1. The van der Waals surface area contributed by atoms with Gasteiger partial charge >= 0.3 is 6.01 Å². The van der Waals surface area contributed by atoms with Crippen LogP contribution in [0.2, 0.25) is 0 Å². The summed E-state index contributed by atoms with van der Waals surface area (Å²) in [7, 11) is 1.46. The third-order valence-electron chi connectivity index (χ3n) is 2.56. The molecule has 94 valence electrons. The largest absolute Gasteiger partial charge is 0.467 e. The number of aliphatic hydroxyl groups excluding tert-OH is 1. The van der Waals surface area contributed by atoms with E-state index in [0.29, 0.717) is 18.4 Å². The Hall–Kier alpha value is -1.67. The van der Waals surface area contributed by atoms with Crippen molar-refractivity contribution >= 4 is 11.9 Å². The van der Waals surface area contributed by atoms with Gasteiger partial charge in [0.2, 0.25) is 11.9 Å². The van der Waals surface area contributed by atoms with Gasteiger partial charge in [0.25, 0.3) is 0 Å². The lowest BCUT2D eigenvalue weighted by Crippen LogP contribution is -2.23. The van der Waals surface area contributed by atoms with Gasteiger partial charge in [-0.2, -0.15) is 15.0 Å². The second-order valence-corrected chi connectivity index (χ2v) is 3.90. The highest BCUT2D eigenvalue weighted by Crippen LogP contribution is 2.32. The molecule has 1 saturated carbocycles. The lowest BCUT2D eigenvalue weighted by Gasteiger charge is -2.11. The van der Waals surface area contributed by atoms with Crippen LogP contribution in [-0.4, -0.2) is 39.8 Å². The van der Waals surface area contributed by atoms with Crippen molar-refractivity contribution in [3.05, 3.63) is 0 Å². The first kappa shape index (κ1) is 11.8. The van der Waals surface area contributed by atoms with Crippen molar-refractivity contribution in [2.75, 3.05) is 24.4 Å². The molecule has 0 amide bonds. The number of rotatable bonds is 6. The standard InChI is InChI=1S/C9H16N6O2/c1-17-9-13-7(12-8(14-9)15-10)11-4-6(16)5-2-3-5/h5-6,16H,2-4,10H2,1H3,(H2,11,12,13,14,15). The topological polar surface area (TPSA) is 118 Å². The van der Waals surface area contributed by atoms with Crippen molar-refractivity contribution in [2.24, 2.45) is 11.8 Å². The number of nitrogens with one attached hydrogen (secondary N) is 2. The number of nitrogen functional groups attached to an aromatic ring is 1. The van der Waals surface area contributed by atoms with Crippen LogP contribution in [0.5, 0.6) is 6.01 Å². The average molecular weight is 240 g/mol. The van der Waals surface area contributed by atoms with Gasteiger partial charge in [0, 0.05) is 6.54 Å². The first-order valence-corrected chi connectivity index (χ1v) is 5.41. The molecule has 0 radical (unpaired) electrons. The van der Waals surface area contributed by atoms with Crippen molar-refractivity contribution in [3.63, 3.8) is 0 Å². The average Bonchev–Trinajstić information content (AvgIpc) is 3.19. The number of hydrogen-bond donors (Lipinski definition) is 4. The molecule has 8 nitrogen and oxygen atoms in total. The van der Waals surface area contributed by atoms with Gasteiger partial charge in [-0.25, -0.2) is 5.84 Å². The van der Waals surface area contributed by atoms with Gasteiger partial charge in [-0.3, -0.25) is 5.43 Å². The Labute approximate surface area is 98.6 Å². The van der Waals surface area contributed by atoms with E-state index in [1.165, 1.54) is 7.11 Å². The Morgan fingerprint density at radius 1 is 1.41 bits per heavy atom. The molecule has 0 aromatic carbocycles. The molecule has 2 rings (SSSR count). The monoisotopic (exact) mass is 240 g/mol. The maximum atomic E-state index is 9.70. The van der Waals surface area contributed by atoms with E-state index in [9.17, 15) is 5.11 Å². The number of hydrazine groups is 1. The van der Waals surface area contributed by atoms with Crippen molar-refractivity contribution in [1.29, 1.82) is 0 Å². The Morgan fingerprint density at radius 3 is 2.71 bits per heavy atom. The van der Waals surface area contributed by atoms with E-state index in [4.69, 9.17) is 10.6 Å². The van der Waals surface area contributed by atoms with Crippen LogP contribution < -0.4 is 21.3 Å². The Balaban J connectivity index is 1.98. The van der Waals surface area contributed by atoms with Crippen molar-refractivity contribution in [3.8, 4) is 6.01 Å². The molecule has 5 N–H and O–H groups in total. The van der Waals surface area contributed by atoms with Crippen LogP contribution in [0.15, 0.2) is 0 Å². The summed E-state index contributed by atoms with van der Waals surface area (Å²) >= 11 is 0. The first-order valence-electron chi connectivity index (χ1n) is 5.41. The quantitative estimate of drug-likeness (QED) is 0.382. The van der Waals surface area contributed by atoms with E-state index >= 15 is 0 Å². The van der Waals surface area contributed by atoms with E-state index in [-0.39, 0.29) is 18.1 Å². The zero-order valence-corrected chi connectivity index (χ0v) is 9.55. The third-order valence-corrected chi connectivity index (χ3v) is 2.56. The summed E-state index contributed by atoms with van der Waals surface area (Å²) < 4.78 is 4.90. The highest BCUT2D eigenvalue weighted by atomic mass is 16.5. The Bertz CT molecular complexity index is 361. The molecule has 1 aromatic rings. The molecule has 1 unspecified atom stereocenters.